The highest BCUT2D eigenvalue weighted by molar-refractivity contribution is 7.05. The highest BCUT2D eigenvalue weighted by Gasteiger charge is 2.37. The van der Waals surface area contributed by atoms with Gasteiger partial charge in [0.25, 0.3) is 0 Å². The summed E-state index contributed by atoms with van der Waals surface area (Å²) in [6.07, 6.45) is 2.79. The van der Waals surface area contributed by atoms with E-state index in [2.05, 4.69) is 51.1 Å². The summed E-state index contributed by atoms with van der Waals surface area (Å²) in [5.41, 5.74) is 2.56. The Balaban J connectivity index is 1.27. The third-order valence-electron chi connectivity index (χ3n) is 4.27. The van der Waals surface area contributed by atoms with Crippen molar-refractivity contribution in [2.24, 2.45) is 0 Å². The Bertz CT molecular complexity index is 759. The van der Waals surface area contributed by atoms with Gasteiger partial charge in [-0.15, -0.1) is 0 Å². The molecule has 3 aromatic rings. The molecule has 0 amide bonds. The largest absolute Gasteiger partial charge is 0.489 e. The summed E-state index contributed by atoms with van der Waals surface area (Å²) in [5.74, 6) is 1.52. The zero-order valence-electron chi connectivity index (χ0n) is 13.3. The van der Waals surface area contributed by atoms with Crippen LogP contribution in [0.3, 0.4) is 0 Å². The van der Waals surface area contributed by atoms with Crippen molar-refractivity contribution in [2.45, 2.75) is 31.5 Å². The van der Waals surface area contributed by atoms with Crippen molar-refractivity contribution in [1.29, 1.82) is 0 Å². The average molecular weight is 337 g/mol. The fourth-order valence-electron chi connectivity index (χ4n) is 2.83. The van der Waals surface area contributed by atoms with Crippen LogP contribution in [0.5, 0.6) is 5.75 Å². The number of hydrogen-bond acceptors (Lipinski definition) is 5. The number of nitrogens with one attached hydrogen (secondary N) is 1. The van der Waals surface area contributed by atoms with Gasteiger partial charge in [0.15, 0.2) is 0 Å². The van der Waals surface area contributed by atoms with Crippen LogP contribution in [0.2, 0.25) is 0 Å². The molecule has 2 atom stereocenters. The zero-order valence-corrected chi connectivity index (χ0v) is 14.1. The van der Waals surface area contributed by atoms with Crippen molar-refractivity contribution in [3.05, 3.63) is 77.1 Å². The molecule has 4 rings (SSSR count). The lowest BCUT2D eigenvalue weighted by molar-refractivity contribution is 0.306. The van der Waals surface area contributed by atoms with Gasteiger partial charge in [-0.3, -0.25) is 0 Å². The first kappa shape index (κ1) is 15.3. The molecule has 122 valence electrons. The molecule has 4 nitrogen and oxygen atoms in total. The number of aromatic nitrogens is 2. The van der Waals surface area contributed by atoms with Crippen molar-refractivity contribution >= 4 is 11.5 Å². The van der Waals surface area contributed by atoms with E-state index in [4.69, 9.17) is 4.74 Å². The topological polar surface area (TPSA) is 47.0 Å². The van der Waals surface area contributed by atoms with E-state index in [1.54, 1.807) is 6.33 Å². The van der Waals surface area contributed by atoms with E-state index in [0.717, 1.165) is 17.3 Å². The Kier molecular flexibility index (Phi) is 4.53. The molecule has 5 heteroatoms. The summed E-state index contributed by atoms with van der Waals surface area (Å²) >= 11 is 1.46. The van der Waals surface area contributed by atoms with Gasteiger partial charge in [-0.05, 0) is 41.2 Å². The maximum atomic E-state index is 5.84. The quantitative estimate of drug-likeness (QED) is 0.713. The van der Waals surface area contributed by atoms with Gasteiger partial charge in [0.2, 0.25) is 0 Å². The number of rotatable bonds is 7. The lowest BCUT2D eigenvalue weighted by Gasteiger charge is -2.07. The monoisotopic (exact) mass is 337 g/mol. The smallest absolute Gasteiger partial charge is 0.129 e. The van der Waals surface area contributed by atoms with Gasteiger partial charge >= 0.3 is 0 Å². The van der Waals surface area contributed by atoms with Crippen LogP contribution in [0.4, 0.5) is 0 Å². The van der Waals surface area contributed by atoms with Crippen molar-refractivity contribution in [1.82, 2.24) is 14.7 Å². The van der Waals surface area contributed by atoms with Crippen molar-refractivity contribution in [3.63, 3.8) is 0 Å². The van der Waals surface area contributed by atoms with Crippen LogP contribution in [-0.4, -0.2) is 15.4 Å². The molecule has 0 spiro atoms. The first-order valence-electron chi connectivity index (χ1n) is 8.14. The standard InChI is InChI=1S/C19H19N3OS/c1-2-4-14(5-3-1)12-23-16-8-6-15(7-9-16)17-10-18(17)20-11-19-21-13-22-24-19/h1-9,13,17-18,20H,10-12H2/t17-,18+/m0/s1. The molecular formula is C19H19N3OS. The first-order valence-corrected chi connectivity index (χ1v) is 8.91. The predicted molar refractivity (Wildman–Crippen MR) is 95.1 cm³/mol. The van der Waals surface area contributed by atoms with Crippen LogP contribution < -0.4 is 10.1 Å². The minimum atomic E-state index is 0.546. The van der Waals surface area contributed by atoms with Gasteiger partial charge in [0.05, 0.1) is 0 Å². The number of nitrogens with zero attached hydrogens (tertiary/aromatic N) is 2. The van der Waals surface area contributed by atoms with Gasteiger partial charge < -0.3 is 10.1 Å². The molecular weight excluding hydrogens is 318 g/mol. The minimum absolute atomic E-state index is 0.546. The fraction of sp³-hybridized carbons (Fsp3) is 0.263. The summed E-state index contributed by atoms with van der Waals surface area (Å²) in [7, 11) is 0. The molecule has 0 saturated heterocycles. The molecule has 0 aliphatic heterocycles. The predicted octanol–water partition coefficient (Wildman–Crippen LogP) is 3.76. The van der Waals surface area contributed by atoms with E-state index in [1.165, 1.54) is 29.1 Å². The van der Waals surface area contributed by atoms with E-state index in [1.807, 2.05) is 18.2 Å². The lowest BCUT2D eigenvalue weighted by Crippen LogP contribution is -2.17. The van der Waals surface area contributed by atoms with Crippen LogP contribution in [0.1, 0.15) is 28.5 Å². The number of hydrogen-bond donors (Lipinski definition) is 1. The summed E-state index contributed by atoms with van der Waals surface area (Å²) in [6.45, 7) is 1.42. The van der Waals surface area contributed by atoms with E-state index < -0.39 is 0 Å². The second kappa shape index (κ2) is 7.11. The zero-order chi connectivity index (χ0) is 16.2. The first-order chi connectivity index (χ1) is 11.9. The van der Waals surface area contributed by atoms with E-state index >= 15 is 0 Å². The van der Waals surface area contributed by atoms with Crippen LogP contribution >= 0.6 is 11.5 Å². The molecule has 1 saturated carbocycles. The molecule has 1 fully saturated rings. The Morgan fingerprint density at radius 1 is 1.08 bits per heavy atom. The van der Waals surface area contributed by atoms with Gasteiger partial charge in [0, 0.05) is 18.5 Å². The highest BCUT2D eigenvalue weighted by atomic mass is 32.1. The average Bonchev–Trinajstić information content (AvgIpc) is 3.23. The van der Waals surface area contributed by atoms with Crippen LogP contribution in [0.15, 0.2) is 60.9 Å². The van der Waals surface area contributed by atoms with Crippen LogP contribution in [0, 0.1) is 0 Å². The molecule has 24 heavy (non-hydrogen) atoms. The summed E-state index contributed by atoms with van der Waals surface area (Å²) < 4.78 is 9.86. The molecule has 1 aliphatic rings. The molecule has 1 heterocycles. The van der Waals surface area contributed by atoms with E-state index in [-0.39, 0.29) is 0 Å². The van der Waals surface area contributed by atoms with E-state index in [9.17, 15) is 0 Å². The number of ether oxygens (including phenoxy) is 1. The Morgan fingerprint density at radius 3 is 2.67 bits per heavy atom. The van der Waals surface area contributed by atoms with Gasteiger partial charge in [-0.1, -0.05) is 42.5 Å². The molecule has 0 unspecified atom stereocenters. The Morgan fingerprint density at radius 2 is 1.92 bits per heavy atom. The summed E-state index contributed by atoms with van der Waals surface area (Å²) in [5, 5.41) is 4.59. The van der Waals surface area contributed by atoms with Crippen molar-refractivity contribution < 1.29 is 4.74 Å². The molecule has 0 radical (unpaired) electrons. The molecule has 1 aromatic heterocycles. The SMILES string of the molecule is c1ccc(COc2ccc([C@@H]3C[C@H]3NCc3ncns3)cc2)cc1. The summed E-state index contributed by atoms with van der Waals surface area (Å²) in [4.78, 5) is 4.20. The normalized spacial score (nSPS) is 19.2. The molecule has 1 aliphatic carbocycles. The number of benzene rings is 2. The third-order valence-corrected chi connectivity index (χ3v) is 4.93. The highest BCUT2D eigenvalue weighted by Crippen LogP contribution is 2.41. The Labute approximate surface area is 145 Å². The van der Waals surface area contributed by atoms with E-state index in [0.29, 0.717) is 18.6 Å². The Hall–Kier alpha value is -2.24. The van der Waals surface area contributed by atoms with Crippen molar-refractivity contribution in [3.8, 4) is 5.75 Å². The van der Waals surface area contributed by atoms with Crippen LogP contribution in [-0.2, 0) is 13.2 Å². The summed E-state index contributed by atoms with van der Waals surface area (Å²) in [6, 6.07) is 19.3. The third kappa shape index (κ3) is 3.80. The lowest BCUT2D eigenvalue weighted by atomic mass is 10.1. The maximum absolute atomic E-state index is 5.84. The maximum Gasteiger partial charge on any atom is 0.129 e. The van der Waals surface area contributed by atoms with Gasteiger partial charge in [0.1, 0.15) is 23.7 Å². The molecule has 2 aromatic carbocycles. The second-order valence-electron chi connectivity index (χ2n) is 6.01. The fourth-order valence-corrected chi connectivity index (χ4v) is 3.29. The van der Waals surface area contributed by atoms with Crippen molar-refractivity contribution in [2.75, 3.05) is 0 Å². The minimum Gasteiger partial charge on any atom is -0.489 e. The molecule has 0 bridgehead atoms. The van der Waals surface area contributed by atoms with Gasteiger partial charge in [-0.25, -0.2) is 4.98 Å². The second-order valence-corrected chi connectivity index (χ2v) is 6.87. The molecule has 1 N–H and O–H groups in total. The van der Waals surface area contributed by atoms with Gasteiger partial charge in [-0.2, -0.15) is 4.37 Å². The van der Waals surface area contributed by atoms with Crippen LogP contribution in [0.25, 0.3) is 0 Å².